The summed E-state index contributed by atoms with van der Waals surface area (Å²) in [6.07, 6.45) is -4.87. The molecule has 0 N–H and O–H groups in total. The summed E-state index contributed by atoms with van der Waals surface area (Å²) < 4.78 is 50.4. The molecule has 0 aliphatic carbocycles. The molecule has 0 bridgehead atoms. The van der Waals surface area contributed by atoms with Crippen molar-refractivity contribution in [2.24, 2.45) is 0 Å². The topological polar surface area (TPSA) is 9.23 Å². The van der Waals surface area contributed by atoms with Gasteiger partial charge in [0.1, 0.15) is 0 Å². The van der Waals surface area contributed by atoms with Gasteiger partial charge in [-0.3, -0.25) is 0 Å². The molecule has 0 aromatic heterocycles. The summed E-state index contributed by atoms with van der Waals surface area (Å²) in [4.78, 5) is 0. The molecule has 1 nitrogen and oxygen atoms in total. The molecule has 1 rings (SSSR count). The predicted molar refractivity (Wildman–Crippen MR) is 31.9 cm³/mol. The minimum Gasteiger partial charge on any atom is -0.403 e. The highest BCUT2D eigenvalue weighted by Crippen LogP contribution is 2.24. The van der Waals surface area contributed by atoms with Crippen molar-refractivity contribution in [1.82, 2.24) is 0 Å². The second-order valence-corrected chi connectivity index (χ2v) is 1.90. The van der Waals surface area contributed by atoms with E-state index in [-0.39, 0.29) is 0 Å². The Labute approximate surface area is 65.6 Å². The maximum absolute atomic E-state index is 12.5. The number of rotatable bonds is 1. The van der Waals surface area contributed by atoms with Gasteiger partial charge < -0.3 is 4.74 Å². The third kappa shape index (κ3) is 2.41. The van der Waals surface area contributed by atoms with Gasteiger partial charge in [0.2, 0.25) is 0 Å². The van der Waals surface area contributed by atoms with Crippen LogP contribution in [0.15, 0.2) is 18.2 Å². The van der Waals surface area contributed by atoms with E-state index < -0.39 is 17.9 Å². The molecule has 0 saturated carbocycles. The zero-order valence-corrected chi connectivity index (χ0v) is 5.65. The Morgan fingerprint density at radius 2 is 2.00 bits per heavy atom. The Morgan fingerprint density at radius 3 is 2.50 bits per heavy atom. The number of halogens is 4. The highest BCUT2D eigenvalue weighted by atomic mass is 19.4. The molecule has 0 unspecified atom stereocenters. The first-order valence-electron chi connectivity index (χ1n) is 2.90. The summed E-state index contributed by atoms with van der Waals surface area (Å²) in [5, 5.41) is 0. The molecule has 1 aromatic carbocycles. The van der Waals surface area contributed by atoms with Crippen LogP contribution in [0, 0.1) is 11.9 Å². The molecule has 0 atom stereocenters. The molecule has 65 valence electrons. The summed E-state index contributed by atoms with van der Waals surface area (Å²) in [5.41, 5.74) is 0. The Kier molecular flexibility index (Phi) is 2.21. The van der Waals surface area contributed by atoms with Gasteiger partial charge in [0.15, 0.2) is 11.6 Å². The van der Waals surface area contributed by atoms with E-state index in [4.69, 9.17) is 0 Å². The first kappa shape index (κ1) is 8.83. The first-order chi connectivity index (χ1) is 5.49. The molecule has 1 aromatic rings. The summed E-state index contributed by atoms with van der Waals surface area (Å²) in [5.74, 6) is -1.93. The molecule has 0 aliphatic rings. The van der Waals surface area contributed by atoms with Crippen LogP contribution >= 0.6 is 0 Å². The summed E-state index contributed by atoms with van der Waals surface area (Å²) in [7, 11) is 0. The maximum Gasteiger partial charge on any atom is 0.573 e. The fraction of sp³-hybridized carbons (Fsp3) is 0.143. The lowest BCUT2D eigenvalue weighted by Gasteiger charge is -2.08. The van der Waals surface area contributed by atoms with Gasteiger partial charge in [-0.2, -0.15) is 0 Å². The van der Waals surface area contributed by atoms with Crippen molar-refractivity contribution in [3.8, 4) is 5.75 Å². The molecular weight excluding hydrogens is 176 g/mol. The van der Waals surface area contributed by atoms with Gasteiger partial charge in [0.25, 0.3) is 0 Å². The van der Waals surface area contributed by atoms with E-state index in [9.17, 15) is 17.6 Å². The quantitative estimate of drug-likeness (QED) is 0.602. The molecular formula is C7H3F4O. The average Bonchev–Trinajstić information content (AvgIpc) is 1.91. The van der Waals surface area contributed by atoms with E-state index in [1.165, 1.54) is 0 Å². The molecule has 1 radical (unpaired) electrons. The number of hydrogen-bond donors (Lipinski definition) is 0. The van der Waals surface area contributed by atoms with Crippen LogP contribution in [-0.4, -0.2) is 6.36 Å². The number of hydrogen-bond acceptors (Lipinski definition) is 1. The van der Waals surface area contributed by atoms with Gasteiger partial charge >= 0.3 is 6.36 Å². The van der Waals surface area contributed by atoms with Gasteiger partial charge in [0, 0.05) is 0 Å². The minimum atomic E-state index is -4.87. The standard InChI is InChI=1S/C7H3F4O/c8-5-3-1-2-4-6(5)12-7(9,10)11/h1,3-4H. The van der Waals surface area contributed by atoms with Crippen LogP contribution in [0.2, 0.25) is 0 Å². The first-order valence-corrected chi connectivity index (χ1v) is 2.90. The number of benzene rings is 1. The summed E-state index contributed by atoms with van der Waals surface area (Å²) >= 11 is 0. The van der Waals surface area contributed by atoms with E-state index in [0.29, 0.717) is 0 Å². The smallest absolute Gasteiger partial charge is 0.403 e. The van der Waals surface area contributed by atoms with Gasteiger partial charge in [-0.15, -0.1) is 13.2 Å². The van der Waals surface area contributed by atoms with Crippen molar-refractivity contribution < 1.29 is 22.3 Å². The zero-order valence-electron chi connectivity index (χ0n) is 5.65. The molecule has 0 spiro atoms. The van der Waals surface area contributed by atoms with Gasteiger partial charge in [-0.25, -0.2) is 4.39 Å². The van der Waals surface area contributed by atoms with Crippen LogP contribution in [-0.2, 0) is 0 Å². The highest BCUT2D eigenvalue weighted by Gasteiger charge is 2.32. The van der Waals surface area contributed by atoms with E-state index >= 15 is 0 Å². The molecule has 0 heterocycles. The fourth-order valence-electron chi connectivity index (χ4n) is 0.599. The Balaban J connectivity index is 2.83. The van der Waals surface area contributed by atoms with Crippen molar-refractivity contribution in [2.75, 3.05) is 0 Å². The second kappa shape index (κ2) is 3.00. The minimum absolute atomic E-state index is 0.781. The van der Waals surface area contributed by atoms with E-state index in [1.807, 2.05) is 0 Å². The molecule has 0 aliphatic heterocycles. The van der Waals surface area contributed by atoms with Crippen molar-refractivity contribution in [3.05, 3.63) is 30.1 Å². The normalized spacial score (nSPS) is 11.3. The van der Waals surface area contributed by atoms with Crippen LogP contribution in [0.4, 0.5) is 17.6 Å². The van der Waals surface area contributed by atoms with Gasteiger partial charge in [0.05, 0.1) is 0 Å². The summed E-state index contributed by atoms with van der Waals surface area (Å²) in [6.45, 7) is 0. The molecule has 0 saturated heterocycles. The van der Waals surface area contributed by atoms with Crippen LogP contribution in [0.5, 0.6) is 5.75 Å². The largest absolute Gasteiger partial charge is 0.573 e. The van der Waals surface area contributed by atoms with Gasteiger partial charge in [-0.05, 0) is 18.2 Å². The lowest BCUT2D eigenvalue weighted by Crippen LogP contribution is -2.17. The van der Waals surface area contributed by atoms with Crippen molar-refractivity contribution >= 4 is 0 Å². The van der Waals surface area contributed by atoms with Crippen LogP contribution in [0.3, 0.4) is 0 Å². The lowest BCUT2D eigenvalue weighted by molar-refractivity contribution is -0.275. The average molecular weight is 179 g/mol. The Bertz CT molecular complexity index is 268. The van der Waals surface area contributed by atoms with E-state index in [0.717, 1.165) is 18.2 Å². The number of alkyl halides is 3. The molecule has 0 amide bonds. The Hall–Kier alpha value is -1.26. The predicted octanol–water partition coefficient (Wildman–Crippen LogP) is 2.52. The lowest BCUT2D eigenvalue weighted by atomic mass is 10.3. The van der Waals surface area contributed by atoms with Crippen LogP contribution < -0.4 is 4.74 Å². The van der Waals surface area contributed by atoms with Crippen LogP contribution in [0.1, 0.15) is 0 Å². The third-order valence-corrected chi connectivity index (χ3v) is 1.00. The SMILES string of the molecule is Fc1cc[c]cc1OC(F)(F)F. The van der Waals surface area contributed by atoms with Crippen molar-refractivity contribution in [1.29, 1.82) is 0 Å². The van der Waals surface area contributed by atoms with Crippen LogP contribution in [0.25, 0.3) is 0 Å². The van der Waals surface area contributed by atoms with Crippen molar-refractivity contribution in [2.45, 2.75) is 6.36 Å². The molecule has 12 heavy (non-hydrogen) atoms. The van der Waals surface area contributed by atoms with E-state index in [2.05, 4.69) is 10.8 Å². The van der Waals surface area contributed by atoms with Gasteiger partial charge in [-0.1, -0.05) is 6.07 Å². The zero-order chi connectivity index (χ0) is 9.19. The maximum atomic E-state index is 12.5. The fourth-order valence-corrected chi connectivity index (χ4v) is 0.599. The number of ether oxygens (including phenoxy) is 1. The molecule has 5 heteroatoms. The van der Waals surface area contributed by atoms with E-state index in [1.54, 1.807) is 0 Å². The third-order valence-electron chi connectivity index (χ3n) is 1.00. The Morgan fingerprint density at radius 1 is 1.33 bits per heavy atom. The second-order valence-electron chi connectivity index (χ2n) is 1.90. The molecule has 0 fully saturated rings. The highest BCUT2D eigenvalue weighted by molar-refractivity contribution is 5.22. The summed E-state index contributed by atoms with van der Waals surface area (Å²) in [6, 6.07) is 5.03. The monoisotopic (exact) mass is 179 g/mol. The van der Waals surface area contributed by atoms with Crippen molar-refractivity contribution in [3.63, 3.8) is 0 Å².